The van der Waals surface area contributed by atoms with Gasteiger partial charge in [0, 0.05) is 22.6 Å². The molecule has 3 aromatic rings. The highest BCUT2D eigenvalue weighted by molar-refractivity contribution is 6.46. The molecule has 0 atom stereocenters. The first-order valence-corrected chi connectivity index (χ1v) is 8.80. The summed E-state index contributed by atoms with van der Waals surface area (Å²) in [7, 11) is 0. The molecule has 0 unspecified atom stereocenters. The second-order valence-electron chi connectivity index (χ2n) is 6.41. The highest BCUT2D eigenvalue weighted by Gasteiger charge is 2.23. The highest BCUT2D eigenvalue weighted by Crippen LogP contribution is 2.23. The summed E-state index contributed by atoms with van der Waals surface area (Å²) in [6.45, 7) is 5.52. The number of Topliss-reactive ketones (excluding diaryl/α,β-unsaturated/α-hetero) is 1. The minimum atomic E-state index is -0.715. The van der Waals surface area contributed by atoms with E-state index in [9.17, 15) is 14.0 Å². The zero-order valence-electron chi connectivity index (χ0n) is 15.5. The molecule has 0 fully saturated rings. The van der Waals surface area contributed by atoms with Crippen LogP contribution in [-0.2, 0) is 11.2 Å². The summed E-state index contributed by atoms with van der Waals surface area (Å²) >= 11 is 0. The summed E-state index contributed by atoms with van der Waals surface area (Å²) in [6, 6.07) is 15.3. The van der Waals surface area contributed by atoms with Crippen LogP contribution >= 0.6 is 0 Å². The van der Waals surface area contributed by atoms with Crippen molar-refractivity contribution in [3.05, 3.63) is 82.9 Å². The second kappa shape index (κ2) is 7.58. The Morgan fingerprint density at radius 2 is 1.70 bits per heavy atom. The molecule has 0 aliphatic rings. The van der Waals surface area contributed by atoms with Gasteiger partial charge in [0.1, 0.15) is 5.82 Å². The van der Waals surface area contributed by atoms with Crippen LogP contribution in [0, 0.1) is 19.7 Å². The Balaban J connectivity index is 1.87. The van der Waals surface area contributed by atoms with E-state index in [4.69, 9.17) is 0 Å². The van der Waals surface area contributed by atoms with Gasteiger partial charge in [0.05, 0.1) is 5.69 Å². The van der Waals surface area contributed by atoms with Crippen LogP contribution in [0.1, 0.15) is 34.2 Å². The number of hydrogen-bond acceptors (Lipinski definition) is 2. The number of amides is 1. The van der Waals surface area contributed by atoms with Crippen molar-refractivity contribution in [3.63, 3.8) is 0 Å². The van der Waals surface area contributed by atoms with Crippen LogP contribution in [0.15, 0.2) is 54.6 Å². The first-order chi connectivity index (χ1) is 12.9. The number of aromatic nitrogens is 1. The fraction of sp³-hybridized carbons (Fsp3) is 0.182. The molecule has 3 rings (SSSR count). The van der Waals surface area contributed by atoms with Crippen LogP contribution in [0.3, 0.4) is 0 Å². The predicted molar refractivity (Wildman–Crippen MR) is 104 cm³/mol. The normalized spacial score (nSPS) is 10.7. The third-order valence-corrected chi connectivity index (χ3v) is 4.60. The largest absolute Gasteiger partial charge is 0.319 e. The lowest BCUT2D eigenvalue weighted by Crippen LogP contribution is -2.23. The van der Waals surface area contributed by atoms with Crippen LogP contribution in [0.5, 0.6) is 0 Å². The summed E-state index contributed by atoms with van der Waals surface area (Å²) in [6.07, 6.45) is 0.898. The fourth-order valence-corrected chi connectivity index (χ4v) is 3.13. The summed E-state index contributed by atoms with van der Waals surface area (Å²) < 4.78 is 15.8. The average Bonchev–Trinajstić information content (AvgIpc) is 2.96. The number of carbonyl (C=O) groups is 2. The van der Waals surface area contributed by atoms with Gasteiger partial charge in [-0.3, -0.25) is 9.59 Å². The number of carbonyl (C=O) groups excluding carboxylic acids is 2. The Morgan fingerprint density at radius 3 is 2.33 bits per heavy atom. The van der Waals surface area contributed by atoms with Gasteiger partial charge in [0.2, 0.25) is 0 Å². The summed E-state index contributed by atoms with van der Waals surface area (Å²) in [4.78, 5) is 25.1. The van der Waals surface area contributed by atoms with Gasteiger partial charge >= 0.3 is 0 Å². The van der Waals surface area contributed by atoms with E-state index >= 15 is 0 Å². The van der Waals surface area contributed by atoms with E-state index in [-0.39, 0.29) is 5.56 Å². The Morgan fingerprint density at radius 1 is 1.04 bits per heavy atom. The van der Waals surface area contributed by atoms with Crippen molar-refractivity contribution in [1.82, 2.24) is 4.57 Å². The molecule has 0 bridgehead atoms. The smallest absolute Gasteiger partial charge is 0.296 e. The molecule has 138 valence electrons. The summed E-state index contributed by atoms with van der Waals surface area (Å²) in [5, 5.41) is 2.63. The molecular formula is C22H21FN2O2. The third kappa shape index (κ3) is 3.67. The lowest BCUT2D eigenvalue weighted by atomic mass is 10.1. The van der Waals surface area contributed by atoms with Crippen molar-refractivity contribution in [3.8, 4) is 5.69 Å². The van der Waals surface area contributed by atoms with Gasteiger partial charge in [0.15, 0.2) is 0 Å². The van der Waals surface area contributed by atoms with Crippen LogP contribution < -0.4 is 5.32 Å². The van der Waals surface area contributed by atoms with E-state index < -0.39 is 17.5 Å². The van der Waals surface area contributed by atoms with Gasteiger partial charge < -0.3 is 9.88 Å². The van der Waals surface area contributed by atoms with E-state index in [0.717, 1.165) is 12.0 Å². The van der Waals surface area contributed by atoms with Crippen LogP contribution in [0.2, 0.25) is 0 Å². The quantitative estimate of drug-likeness (QED) is 0.531. The molecule has 0 saturated carbocycles. The maximum Gasteiger partial charge on any atom is 0.296 e. The monoisotopic (exact) mass is 364 g/mol. The van der Waals surface area contributed by atoms with E-state index in [1.165, 1.54) is 6.07 Å². The van der Waals surface area contributed by atoms with E-state index in [1.807, 2.05) is 19.1 Å². The molecule has 1 aromatic heterocycles. The lowest BCUT2D eigenvalue weighted by molar-refractivity contribution is -0.112. The number of para-hydroxylation sites is 1. The molecule has 5 heteroatoms. The average molecular weight is 364 g/mol. The van der Waals surface area contributed by atoms with Crippen molar-refractivity contribution in [2.45, 2.75) is 27.2 Å². The molecule has 0 aliphatic carbocycles. The van der Waals surface area contributed by atoms with Crippen molar-refractivity contribution >= 4 is 17.4 Å². The van der Waals surface area contributed by atoms with E-state index in [0.29, 0.717) is 22.8 Å². The molecule has 1 heterocycles. The van der Waals surface area contributed by atoms with Gasteiger partial charge in [-0.15, -0.1) is 0 Å². The first kappa shape index (κ1) is 18.6. The number of hydrogen-bond donors (Lipinski definition) is 1. The van der Waals surface area contributed by atoms with Crippen LogP contribution in [-0.4, -0.2) is 16.3 Å². The Hall–Kier alpha value is -3.21. The number of anilines is 1. The van der Waals surface area contributed by atoms with Crippen LogP contribution in [0.25, 0.3) is 5.69 Å². The first-order valence-electron chi connectivity index (χ1n) is 8.80. The van der Waals surface area contributed by atoms with Gasteiger partial charge in [-0.25, -0.2) is 4.39 Å². The topological polar surface area (TPSA) is 51.1 Å². The zero-order valence-corrected chi connectivity index (χ0v) is 15.5. The van der Waals surface area contributed by atoms with Gasteiger partial charge in [-0.2, -0.15) is 0 Å². The molecule has 4 nitrogen and oxygen atoms in total. The Kier molecular flexibility index (Phi) is 5.21. The molecule has 1 amide bonds. The van der Waals surface area contributed by atoms with Crippen LogP contribution in [0.4, 0.5) is 10.1 Å². The second-order valence-corrected chi connectivity index (χ2v) is 6.41. The number of rotatable bonds is 5. The van der Waals surface area contributed by atoms with Gasteiger partial charge in [-0.1, -0.05) is 31.2 Å². The Bertz CT molecular complexity index is 1000. The number of aryl methyl sites for hydroxylation is 2. The van der Waals surface area contributed by atoms with Crippen molar-refractivity contribution in [2.75, 3.05) is 5.32 Å². The molecule has 0 saturated heterocycles. The Labute approximate surface area is 157 Å². The van der Waals surface area contributed by atoms with Gasteiger partial charge in [-0.05, 0) is 56.2 Å². The number of halogens is 1. The molecule has 2 aromatic carbocycles. The molecule has 27 heavy (non-hydrogen) atoms. The number of ketones is 1. The highest BCUT2D eigenvalue weighted by atomic mass is 19.1. The molecule has 0 aliphatic heterocycles. The van der Waals surface area contributed by atoms with Crippen molar-refractivity contribution in [1.29, 1.82) is 0 Å². The van der Waals surface area contributed by atoms with Gasteiger partial charge in [0.25, 0.3) is 11.7 Å². The lowest BCUT2D eigenvalue weighted by Gasteiger charge is -2.11. The maximum atomic E-state index is 14.2. The predicted octanol–water partition coefficient (Wildman–Crippen LogP) is 4.62. The van der Waals surface area contributed by atoms with Crippen molar-refractivity contribution < 1.29 is 14.0 Å². The number of benzene rings is 2. The van der Waals surface area contributed by atoms with Crippen molar-refractivity contribution in [2.24, 2.45) is 0 Å². The zero-order chi connectivity index (χ0) is 19.6. The fourth-order valence-electron chi connectivity index (χ4n) is 3.13. The standard InChI is InChI=1S/C22H21FN2O2/c1-4-16-9-11-17(12-10-16)24-22(27)21(26)18-13-14(2)25(15(18)3)20-8-6-5-7-19(20)23/h5-13H,4H2,1-3H3,(H,24,27). The molecule has 0 spiro atoms. The minimum absolute atomic E-state index is 0.262. The third-order valence-electron chi connectivity index (χ3n) is 4.60. The van der Waals surface area contributed by atoms with E-state index in [1.54, 1.807) is 54.8 Å². The summed E-state index contributed by atoms with van der Waals surface area (Å²) in [5.74, 6) is -1.75. The number of nitrogens with zero attached hydrogens (tertiary/aromatic N) is 1. The number of nitrogens with one attached hydrogen (secondary N) is 1. The minimum Gasteiger partial charge on any atom is -0.319 e. The van der Waals surface area contributed by atoms with E-state index in [2.05, 4.69) is 5.32 Å². The molecular weight excluding hydrogens is 343 g/mol. The summed E-state index contributed by atoms with van der Waals surface area (Å²) in [5.41, 5.74) is 3.53. The molecule has 0 radical (unpaired) electrons. The maximum absolute atomic E-state index is 14.2. The SMILES string of the molecule is CCc1ccc(NC(=O)C(=O)c2cc(C)n(-c3ccccc3F)c2C)cc1. The molecule has 1 N–H and O–H groups in total.